The summed E-state index contributed by atoms with van der Waals surface area (Å²) in [4.78, 5) is 0. The summed E-state index contributed by atoms with van der Waals surface area (Å²) in [5, 5.41) is 3.46. The van der Waals surface area contributed by atoms with Gasteiger partial charge in [-0.05, 0) is 63.4 Å². The SMILES string of the molecule is CCCNC(C)CCOc1cc(C)cc(C)c1. The molecule has 0 radical (unpaired) electrons. The van der Waals surface area contributed by atoms with Crippen molar-refractivity contribution in [3.8, 4) is 5.75 Å². The van der Waals surface area contributed by atoms with E-state index in [1.807, 2.05) is 0 Å². The van der Waals surface area contributed by atoms with Crippen LogP contribution in [-0.4, -0.2) is 19.2 Å². The molecule has 0 fully saturated rings. The molecule has 0 saturated carbocycles. The van der Waals surface area contributed by atoms with E-state index in [0.717, 1.165) is 25.3 Å². The van der Waals surface area contributed by atoms with Crippen LogP contribution in [-0.2, 0) is 0 Å². The van der Waals surface area contributed by atoms with Crippen LogP contribution in [0.15, 0.2) is 18.2 Å². The number of rotatable bonds is 7. The first-order valence-corrected chi connectivity index (χ1v) is 6.56. The zero-order valence-electron chi connectivity index (χ0n) is 11.5. The highest BCUT2D eigenvalue weighted by Crippen LogP contribution is 2.16. The van der Waals surface area contributed by atoms with Crippen molar-refractivity contribution in [2.24, 2.45) is 0 Å². The van der Waals surface area contributed by atoms with E-state index < -0.39 is 0 Å². The molecule has 1 unspecified atom stereocenters. The number of aryl methyl sites for hydroxylation is 2. The average molecular weight is 235 g/mol. The lowest BCUT2D eigenvalue weighted by Crippen LogP contribution is -2.28. The second-order valence-corrected chi connectivity index (χ2v) is 4.82. The molecule has 1 atom stereocenters. The van der Waals surface area contributed by atoms with Crippen molar-refractivity contribution in [2.75, 3.05) is 13.2 Å². The number of hydrogen-bond donors (Lipinski definition) is 1. The Morgan fingerprint density at radius 1 is 1.18 bits per heavy atom. The van der Waals surface area contributed by atoms with Gasteiger partial charge in [0.15, 0.2) is 0 Å². The molecular formula is C15H25NO. The highest BCUT2D eigenvalue weighted by molar-refractivity contribution is 5.32. The van der Waals surface area contributed by atoms with Crippen LogP contribution in [0.2, 0.25) is 0 Å². The molecule has 1 aromatic carbocycles. The number of ether oxygens (including phenoxy) is 1. The fraction of sp³-hybridized carbons (Fsp3) is 0.600. The molecule has 17 heavy (non-hydrogen) atoms. The minimum atomic E-state index is 0.529. The van der Waals surface area contributed by atoms with Crippen molar-refractivity contribution < 1.29 is 4.74 Å². The molecule has 0 saturated heterocycles. The Labute approximate surface area is 105 Å². The van der Waals surface area contributed by atoms with Gasteiger partial charge in [-0.15, -0.1) is 0 Å². The second kappa shape index (κ2) is 7.33. The summed E-state index contributed by atoms with van der Waals surface area (Å²) >= 11 is 0. The second-order valence-electron chi connectivity index (χ2n) is 4.82. The Kier molecular flexibility index (Phi) is 6.06. The first kappa shape index (κ1) is 14.0. The van der Waals surface area contributed by atoms with Crippen LogP contribution in [0.4, 0.5) is 0 Å². The minimum absolute atomic E-state index is 0.529. The molecule has 1 rings (SSSR count). The van der Waals surface area contributed by atoms with Gasteiger partial charge in [0, 0.05) is 6.04 Å². The lowest BCUT2D eigenvalue weighted by atomic mass is 10.1. The zero-order chi connectivity index (χ0) is 12.7. The Bertz CT molecular complexity index is 315. The fourth-order valence-electron chi connectivity index (χ4n) is 1.86. The van der Waals surface area contributed by atoms with E-state index >= 15 is 0 Å². The molecule has 96 valence electrons. The van der Waals surface area contributed by atoms with Gasteiger partial charge in [-0.25, -0.2) is 0 Å². The lowest BCUT2D eigenvalue weighted by Gasteiger charge is -2.14. The third-order valence-corrected chi connectivity index (χ3v) is 2.76. The summed E-state index contributed by atoms with van der Waals surface area (Å²) in [5.41, 5.74) is 2.52. The molecule has 1 aromatic rings. The van der Waals surface area contributed by atoms with E-state index in [1.54, 1.807) is 0 Å². The minimum Gasteiger partial charge on any atom is -0.494 e. The Morgan fingerprint density at radius 3 is 2.41 bits per heavy atom. The number of hydrogen-bond acceptors (Lipinski definition) is 2. The molecule has 0 amide bonds. The predicted octanol–water partition coefficient (Wildman–Crippen LogP) is 3.46. The summed E-state index contributed by atoms with van der Waals surface area (Å²) in [6.07, 6.45) is 2.23. The van der Waals surface area contributed by atoms with Crippen molar-refractivity contribution in [3.05, 3.63) is 29.3 Å². The van der Waals surface area contributed by atoms with Gasteiger partial charge in [0.05, 0.1) is 6.61 Å². The van der Waals surface area contributed by atoms with Crippen molar-refractivity contribution in [1.82, 2.24) is 5.32 Å². The van der Waals surface area contributed by atoms with E-state index in [9.17, 15) is 0 Å². The maximum Gasteiger partial charge on any atom is 0.119 e. The molecule has 2 nitrogen and oxygen atoms in total. The quantitative estimate of drug-likeness (QED) is 0.781. The van der Waals surface area contributed by atoms with Crippen molar-refractivity contribution in [2.45, 2.75) is 46.6 Å². The van der Waals surface area contributed by atoms with E-state index in [-0.39, 0.29) is 0 Å². The normalized spacial score (nSPS) is 12.5. The standard InChI is InChI=1S/C15H25NO/c1-5-7-16-14(4)6-8-17-15-10-12(2)9-13(3)11-15/h9-11,14,16H,5-8H2,1-4H3. The smallest absolute Gasteiger partial charge is 0.119 e. The maximum atomic E-state index is 5.78. The van der Waals surface area contributed by atoms with E-state index in [2.05, 4.69) is 51.2 Å². The van der Waals surface area contributed by atoms with E-state index in [4.69, 9.17) is 4.74 Å². The zero-order valence-corrected chi connectivity index (χ0v) is 11.5. The molecule has 0 aliphatic carbocycles. The van der Waals surface area contributed by atoms with E-state index in [1.165, 1.54) is 17.5 Å². The molecular weight excluding hydrogens is 210 g/mol. The van der Waals surface area contributed by atoms with Gasteiger partial charge in [-0.3, -0.25) is 0 Å². The van der Waals surface area contributed by atoms with Crippen LogP contribution in [0.25, 0.3) is 0 Å². The first-order chi connectivity index (χ1) is 8.11. The van der Waals surface area contributed by atoms with Gasteiger partial charge >= 0.3 is 0 Å². The number of nitrogens with one attached hydrogen (secondary N) is 1. The van der Waals surface area contributed by atoms with Crippen LogP contribution < -0.4 is 10.1 Å². The molecule has 0 bridgehead atoms. The Hall–Kier alpha value is -1.02. The third-order valence-electron chi connectivity index (χ3n) is 2.76. The summed E-state index contributed by atoms with van der Waals surface area (Å²) < 4.78 is 5.78. The van der Waals surface area contributed by atoms with Gasteiger partial charge in [-0.2, -0.15) is 0 Å². The fourth-order valence-corrected chi connectivity index (χ4v) is 1.86. The Morgan fingerprint density at radius 2 is 1.82 bits per heavy atom. The molecule has 0 aliphatic heterocycles. The van der Waals surface area contributed by atoms with Crippen molar-refractivity contribution in [3.63, 3.8) is 0 Å². The third kappa shape index (κ3) is 5.73. The van der Waals surface area contributed by atoms with Crippen LogP contribution in [0, 0.1) is 13.8 Å². The van der Waals surface area contributed by atoms with Gasteiger partial charge in [-0.1, -0.05) is 13.0 Å². The first-order valence-electron chi connectivity index (χ1n) is 6.56. The van der Waals surface area contributed by atoms with Gasteiger partial charge in [0.25, 0.3) is 0 Å². The molecule has 0 aliphatic rings. The monoisotopic (exact) mass is 235 g/mol. The van der Waals surface area contributed by atoms with Crippen molar-refractivity contribution >= 4 is 0 Å². The van der Waals surface area contributed by atoms with Gasteiger partial charge in [0.1, 0.15) is 5.75 Å². The summed E-state index contributed by atoms with van der Waals surface area (Å²) in [7, 11) is 0. The molecule has 1 N–H and O–H groups in total. The van der Waals surface area contributed by atoms with Crippen LogP contribution in [0.3, 0.4) is 0 Å². The summed E-state index contributed by atoms with van der Waals surface area (Å²) in [6, 6.07) is 6.88. The molecule has 2 heteroatoms. The molecule has 0 heterocycles. The van der Waals surface area contributed by atoms with Gasteiger partial charge in [0.2, 0.25) is 0 Å². The van der Waals surface area contributed by atoms with Gasteiger partial charge < -0.3 is 10.1 Å². The van der Waals surface area contributed by atoms with Crippen LogP contribution in [0.5, 0.6) is 5.75 Å². The topological polar surface area (TPSA) is 21.3 Å². The largest absolute Gasteiger partial charge is 0.494 e. The lowest BCUT2D eigenvalue weighted by molar-refractivity contribution is 0.290. The number of benzene rings is 1. The average Bonchev–Trinajstić information content (AvgIpc) is 2.25. The van der Waals surface area contributed by atoms with Crippen LogP contribution >= 0.6 is 0 Å². The summed E-state index contributed by atoms with van der Waals surface area (Å²) in [5.74, 6) is 0.991. The van der Waals surface area contributed by atoms with E-state index in [0.29, 0.717) is 6.04 Å². The molecule has 0 aromatic heterocycles. The predicted molar refractivity (Wildman–Crippen MR) is 73.8 cm³/mol. The highest BCUT2D eigenvalue weighted by Gasteiger charge is 2.01. The maximum absolute atomic E-state index is 5.78. The molecule has 0 spiro atoms. The highest BCUT2D eigenvalue weighted by atomic mass is 16.5. The summed E-state index contributed by atoms with van der Waals surface area (Å²) in [6.45, 7) is 10.5. The van der Waals surface area contributed by atoms with Crippen LogP contribution in [0.1, 0.15) is 37.8 Å². The Balaban J connectivity index is 2.30. The van der Waals surface area contributed by atoms with Crippen molar-refractivity contribution in [1.29, 1.82) is 0 Å².